The van der Waals surface area contributed by atoms with Crippen LogP contribution in [0.3, 0.4) is 0 Å². The van der Waals surface area contributed by atoms with Gasteiger partial charge in [0.15, 0.2) is 0 Å². The highest BCUT2D eigenvalue weighted by Gasteiger charge is 2.34. The number of hydrogen-bond acceptors (Lipinski definition) is 3. The van der Waals surface area contributed by atoms with Crippen molar-refractivity contribution in [2.24, 2.45) is 0 Å². The Bertz CT molecular complexity index is 779. The Kier molecular flexibility index (Phi) is 3.25. The second kappa shape index (κ2) is 4.96. The first-order chi connectivity index (χ1) is 10.0. The van der Waals surface area contributed by atoms with Crippen LogP contribution in [0, 0.1) is 0 Å². The molecule has 1 heterocycles. The van der Waals surface area contributed by atoms with Crippen LogP contribution in [-0.4, -0.2) is 22.7 Å². The minimum Gasteiger partial charge on any atom is -0.273 e. The van der Waals surface area contributed by atoms with E-state index in [4.69, 9.17) is 0 Å². The van der Waals surface area contributed by atoms with Crippen LogP contribution < -0.4 is 5.43 Å². The molecule has 0 fully saturated rings. The fourth-order valence-corrected chi connectivity index (χ4v) is 2.83. The molecule has 0 atom stereocenters. The summed E-state index contributed by atoms with van der Waals surface area (Å²) in [5.74, 6) is -1.42. The molecule has 0 aromatic heterocycles. The largest absolute Gasteiger partial charge is 0.280 e. The quantitative estimate of drug-likeness (QED) is 0.850. The van der Waals surface area contributed by atoms with Gasteiger partial charge in [0.2, 0.25) is 5.91 Å². The van der Waals surface area contributed by atoms with E-state index in [1.807, 2.05) is 6.07 Å². The maximum Gasteiger partial charge on any atom is 0.280 e. The van der Waals surface area contributed by atoms with Gasteiger partial charge in [0.1, 0.15) is 0 Å². The molecule has 6 heteroatoms. The molecule has 5 nitrogen and oxygen atoms in total. The molecule has 1 aliphatic heterocycles. The lowest BCUT2D eigenvalue weighted by molar-refractivity contribution is -0.123. The lowest BCUT2D eigenvalue weighted by atomic mass is 9.95. The van der Waals surface area contributed by atoms with Crippen LogP contribution in [0.5, 0.6) is 0 Å². The Morgan fingerprint density at radius 2 is 1.81 bits per heavy atom. The van der Waals surface area contributed by atoms with Gasteiger partial charge in [0.25, 0.3) is 11.8 Å². The van der Waals surface area contributed by atoms with E-state index in [1.165, 1.54) is 0 Å². The highest BCUT2D eigenvalue weighted by atomic mass is 79.9. The van der Waals surface area contributed by atoms with E-state index in [0.717, 1.165) is 14.9 Å². The topological polar surface area (TPSA) is 66.5 Å². The van der Waals surface area contributed by atoms with Gasteiger partial charge in [-0.1, -0.05) is 35.0 Å². The summed E-state index contributed by atoms with van der Waals surface area (Å²) in [5.41, 5.74) is 3.16. The Morgan fingerprint density at radius 1 is 1.14 bits per heavy atom. The zero-order valence-corrected chi connectivity index (χ0v) is 12.7. The average Bonchev–Trinajstić information content (AvgIpc) is 2.50. The summed E-state index contributed by atoms with van der Waals surface area (Å²) in [7, 11) is 0. The molecule has 21 heavy (non-hydrogen) atoms. The third kappa shape index (κ3) is 2.03. The molecule has 0 radical (unpaired) electrons. The first-order valence-corrected chi connectivity index (χ1v) is 7.23. The van der Waals surface area contributed by atoms with Crippen LogP contribution in [0.2, 0.25) is 0 Å². The van der Waals surface area contributed by atoms with E-state index >= 15 is 0 Å². The number of carbonyl (C=O) groups excluding carboxylic acids is 3. The lowest BCUT2D eigenvalue weighted by Gasteiger charge is -2.27. The van der Waals surface area contributed by atoms with Crippen molar-refractivity contribution in [3.05, 3.63) is 45.9 Å². The average molecular weight is 347 g/mol. The minimum atomic E-state index is -0.516. The molecule has 106 valence electrons. The van der Waals surface area contributed by atoms with Gasteiger partial charge >= 0.3 is 0 Å². The monoisotopic (exact) mass is 346 g/mol. The first-order valence-electron chi connectivity index (χ1n) is 6.44. The van der Waals surface area contributed by atoms with Gasteiger partial charge in [0, 0.05) is 16.3 Å². The third-order valence-electron chi connectivity index (χ3n) is 3.41. The number of imide groups is 1. The van der Waals surface area contributed by atoms with Crippen molar-refractivity contribution >= 4 is 44.4 Å². The number of carbonyl (C=O) groups is 3. The molecule has 0 bridgehead atoms. The summed E-state index contributed by atoms with van der Waals surface area (Å²) < 4.78 is 0.815. The highest BCUT2D eigenvalue weighted by molar-refractivity contribution is 9.10. The van der Waals surface area contributed by atoms with Crippen LogP contribution in [0.25, 0.3) is 10.8 Å². The Morgan fingerprint density at radius 3 is 2.48 bits per heavy atom. The van der Waals surface area contributed by atoms with Gasteiger partial charge in [-0.05, 0) is 23.6 Å². The molecule has 2 aromatic carbocycles. The Hall–Kier alpha value is -2.21. The molecular formula is C15H11BrN2O3. The number of benzene rings is 2. The maximum absolute atomic E-state index is 12.5. The number of rotatable bonds is 2. The predicted octanol–water partition coefficient (Wildman–Crippen LogP) is 2.64. The molecule has 0 unspecified atom stereocenters. The molecular weight excluding hydrogens is 336 g/mol. The number of hydrogen-bond donors (Lipinski definition) is 1. The van der Waals surface area contributed by atoms with Gasteiger partial charge in [0.05, 0.1) is 11.1 Å². The second-order valence-corrected chi connectivity index (χ2v) is 5.51. The van der Waals surface area contributed by atoms with Crippen LogP contribution >= 0.6 is 15.9 Å². The zero-order valence-electron chi connectivity index (χ0n) is 11.1. The molecule has 1 N–H and O–H groups in total. The van der Waals surface area contributed by atoms with Crippen molar-refractivity contribution in [2.75, 3.05) is 0 Å². The summed E-state index contributed by atoms with van der Waals surface area (Å²) in [6.45, 7) is 1.65. The number of hydrazine groups is 1. The highest BCUT2D eigenvalue weighted by Crippen LogP contribution is 2.33. The fraction of sp³-hybridized carbons (Fsp3) is 0.133. The molecule has 3 amide bonds. The van der Waals surface area contributed by atoms with Crippen LogP contribution in [0.15, 0.2) is 34.8 Å². The van der Waals surface area contributed by atoms with Crippen molar-refractivity contribution in [3.63, 3.8) is 0 Å². The molecule has 3 rings (SSSR count). The van der Waals surface area contributed by atoms with Gasteiger partial charge in [-0.2, -0.15) is 5.01 Å². The third-order valence-corrected chi connectivity index (χ3v) is 4.10. The summed E-state index contributed by atoms with van der Waals surface area (Å²) >= 11 is 3.42. The lowest BCUT2D eigenvalue weighted by Crippen LogP contribution is -2.51. The number of nitrogens with zero attached hydrogens (tertiary/aromatic N) is 1. The Balaban J connectivity index is 2.22. The predicted molar refractivity (Wildman–Crippen MR) is 80.6 cm³/mol. The minimum absolute atomic E-state index is 0.189. The van der Waals surface area contributed by atoms with Crippen molar-refractivity contribution in [2.45, 2.75) is 13.3 Å². The fourth-order valence-electron chi connectivity index (χ4n) is 2.37. The van der Waals surface area contributed by atoms with E-state index in [-0.39, 0.29) is 12.3 Å². The number of nitrogens with one attached hydrogen (secondary N) is 1. The van der Waals surface area contributed by atoms with E-state index in [0.29, 0.717) is 16.5 Å². The molecule has 0 spiro atoms. The molecule has 0 aliphatic carbocycles. The number of halogens is 1. The van der Waals surface area contributed by atoms with E-state index in [1.54, 1.807) is 31.2 Å². The standard InChI is InChI=1S/C15H11BrN2O3/c1-2-12(19)17-18-14(20)9-5-3-4-8-11(16)7-6-10(13(8)9)15(18)21/h3-7H,2H2,1H3,(H,17,19). The zero-order chi connectivity index (χ0) is 15.1. The summed E-state index contributed by atoms with van der Waals surface area (Å²) in [6, 6.07) is 8.65. The van der Waals surface area contributed by atoms with Crippen molar-refractivity contribution in [1.29, 1.82) is 0 Å². The first kappa shape index (κ1) is 13.8. The van der Waals surface area contributed by atoms with E-state index in [2.05, 4.69) is 21.4 Å². The second-order valence-electron chi connectivity index (χ2n) is 4.66. The van der Waals surface area contributed by atoms with Gasteiger partial charge in [-0.3, -0.25) is 19.8 Å². The smallest absolute Gasteiger partial charge is 0.273 e. The molecule has 2 aromatic rings. The van der Waals surface area contributed by atoms with Crippen LogP contribution in [0.4, 0.5) is 0 Å². The molecule has 0 saturated heterocycles. The normalized spacial score (nSPS) is 13.7. The Labute approximate surface area is 129 Å². The van der Waals surface area contributed by atoms with Crippen molar-refractivity contribution in [1.82, 2.24) is 10.4 Å². The van der Waals surface area contributed by atoms with E-state index < -0.39 is 11.8 Å². The van der Waals surface area contributed by atoms with Gasteiger partial charge in [-0.25, -0.2) is 0 Å². The SMILES string of the molecule is CCC(=O)NN1C(=O)c2cccc3c(Br)ccc(c23)C1=O. The molecule has 0 saturated carbocycles. The maximum atomic E-state index is 12.5. The summed E-state index contributed by atoms with van der Waals surface area (Å²) in [5, 5.41) is 2.20. The van der Waals surface area contributed by atoms with Crippen molar-refractivity contribution in [3.8, 4) is 0 Å². The van der Waals surface area contributed by atoms with Crippen LogP contribution in [0.1, 0.15) is 34.1 Å². The summed E-state index contributed by atoms with van der Waals surface area (Å²) in [4.78, 5) is 36.4. The van der Waals surface area contributed by atoms with Gasteiger partial charge < -0.3 is 0 Å². The van der Waals surface area contributed by atoms with Gasteiger partial charge in [-0.15, -0.1) is 0 Å². The van der Waals surface area contributed by atoms with Crippen LogP contribution in [-0.2, 0) is 4.79 Å². The molecule has 1 aliphatic rings. The number of amides is 3. The van der Waals surface area contributed by atoms with E-state index in [9.17, 15) is 14.4 Å². The van der Waals surface area contributed by atoms with Crippen molar-refractivity contribution < 1.29 is 14.4 Å². The summed E-state index contributed by atoms with van der Waals surface area (Å²) in [6.07, 6.45) is 0.189.